The molecule has 2 heterocycles. The average Bonchev–Trinajstić information content (AvgIpc) is 2.92. The van der Waals surface area contributed by atoms with Crippen molar-refractivity contribution < 1.29 is 14.4 Å². The summed E-state index contributed by atoms with van der Waals surface area (Å²) in [6.45, 7) is 0. The maximum Gasteiger partial charge on any atom is 0.246 e. The van der Waals surface area contributed by atoms with Gasteiger partial charge in [-0.05, 0) is 19.3 Å². The normalized spacial score (nSPS) is 30.3. The van der Waals surface area contributed by atoms with E-state index in [1.807, 2.05) is 0 Å². The van der Waals surface area contributed by atoms with E-state index in [2.05, 4.69) is 10.6 Å². The van der Waals surface area contributed by atoms with E-state index in [1.165, 1.54) is 0 Å². The van der Waals surface area contributed by atoms with Crippen molar-refractivity contribution in [3.8, 4) is 0 Å². The van der Waals surface area contributed by atoms with E-state index in [0.29, 0.717) is 30.5 Å². The van der Waals surface area contributed by atoms with Crippen LogP contribution in [-0.4, -0.2) is 52.4 Å². The maximum atomic E-state index is 12.3. The van der Waals surface area contributed by atoms with Crippen molar-refractivity contribution in [1.82, 2.24) is 15.5 Å². The van der Waals surface area contributed by atoms with Crippen LogP contribution in [0.25, 0.3) is 0 Å². The lowest BCUT2D eigenvalue weighted by molar-refractivity contribution is -0.139. The SMILES string of the molecule is O=C1CC[C@@H](C(=O)N2CSC[C@H]2C(=O)NC2CC2)N1. The quantitative estimate of drug-likeness (QED) is 0.728. The zero-order valence-electron chi connectivity index (χ0n) is 10.6. The summed E-state index contributed by atoms with van der Waals surface area (Å²) in [7, 11) is 0. The molecular weight excluding hydrogens is 266 g/mol. The molecule has 1 saturated carbocycles. The van der Waals surface area contributed by atoms with Gasteiger partial charge in [-0.25, -0.2) is 0 Å². The predicted molar refractivity (Wildman–Crippen MR) is 70.3 cm³/mol. The third kappa shape index (κ3) is 2.70. The van der Waals surface area contributed by atoms with Gasteiger partial charge in [0.15, 0.2) is 0 Å². The largest absolute Gasteiger partial charge is 0.352 e. The zero-order chi connectivity index (χ0) is 13.4. The lowest BCUT2D eigenvalue weighted by Crippen LogP contribution is -2.52. The first-order chi connectivity index (χ1) is 9.15. The van der Waals surface area contributed by atoms with Crippen molar-refractivity contribution in [3.63, 3.8) is 0 Å². The van der Waals surface area contributed by atoms with Gasteiger partial charge >= 0.3 is 0 Å². The van der Waals surface area contributed by atoms with E-state index in [9.17, 15) is 14.4 Å². The molecule has 19 heavy (non-hydrogen) atoms. The Hall–Kier alpha value is -1.24. The van der Waals surface area contributed by atoms with Crippen LogP contribution < -0.4 is 10.6 Å². The Morgan fingerprint density at radius 2 is 2.11 bits per heavy atom. The number of carbonyl (C=O) groups is 3. The molecule has 0 aromatic carbocycles. The molecule has 3 fully saturated rings. The molecule has 0 aromatic heterocycles. The fraction of sp³-hybridized carbons (Fsp3) is 0.750. The van der Waals surface area contributed by atoms with Gasteiger partial charge in [-0.2, -0.15) is 0 Å². The molecular formula is C12H17N3O3S. The summed E-state index contributed by atoms with van der Waals surface area (Å²) in [5.41, 5.74) is 0. The summed E-state index contributed by atoms with van der Waals surface area (Å²) in [6.07, 6.45) is 3.02. The monoisotopic (exact) mass is 283 g/mol. The van der Waals surface area contributed by atoms with E-state index < -0.39 is 6.04 Å². The summed E-state index contributed by atoms with van der Waals surface area (Å²) < 4.78 is 0. The first-order valence-corrected chi connectivity index (χ1v) is 7.78. The fourth-order valence-corrected chi connectivity index (χ4v) is 3.57. The summed E-state index contributed by atoms with van der Waals surface area (Å²) in [6, 6.07) is -0.515. The standard InChI is InChI=1S/C12H17N3O3S/c16-10-4-3-8(14-10)12(18)15-6-19-5-9(15)11(17)13-7-1-2-7/h7-9H,1-6H2,(H,13,17)(H,14,16)/t8-,9-/m0/s1. The van der Waals surface area contributed by atoms with Crippen LogP contribution in [0, 0.1) is 0 Å². The van der Waals surface area contributed by atoms with Crippen molar-refractivity contribution >= 4 is 29.5 Å². The molecule has 3 aliphatic rings. The number of hydrogen-bond acceptors (Lipinski definition) is 4. The van der Waals surface area contributed by atoms with Crippen LogP contribution in [0.15, 0.2) is 0 Å². The van der Waals surface area contributed by atoms with Crippen LogP contribution in [0.3, 0.4) is 0 Å². The van der Waals surface area contributed by atoms with Gasteiger partial charge in [0, 0.05) is 18.2 Å². The molecule has 3 amide bonds. The van der Waals surface area contributed by atoms with Gasteiger partial charge in [-0.1, -0.05) is 0 Å². The number of nitrogens with zero attached hydrogens (tertiary/aromatic N) is 1. The minimum atomic E-state index is -0.442. The van der Waals surface area contributed by atoms with Crippen molar-refractivity contribution in [2.24, 2.45) is 0 Å². The van der Waals surface area contributed by atoms with Gasteiger partial charge in [0.1, 0.15) is 12.1 Å². The average molecular weight is 283 g/mol. The Morgan fingerprint density at radius 1 is 1.32 bits per heavy atom. The molecule has 104 valence electrons. The molecule has 3 rings (SSSR count). The minimum Gasteiger partial charge on any atom is -0.352 e. The molecule has 2 N–H and O–H groups in total. The van der Waals surface area contributed by atoms with Crippen molar-refractivity contribution in [2.75, 3.05) is 11.6 Å². The second-order valence-corrected chi connectivity index (χ2v) is 6.27. The molecule has 0 radical (unpaired) electrons. The Bertz CT molecular complexity index is 424. The topological polar surface area (TPSA) is 78.5 Å². The van der Waals surface area contributed by atoms with Gasteiger partial charge < -0.3 is 15.5 Å². The van der Waals surface area contributed by atoms with Gasteiger partial charge in [-0.3, -0.25) is 14.4 Å². The zero-order valence-corrected chi connectivity index (χ0v) is 11.4. The lowest BCUT2D eigenvalue weighted by Gasteiger charge is -2.25. The molecule has 0 aromatic rings. The Kier molecular flexibility index (Phi) is 3.38. The number of nitrogens with one attached hydrogen (secondary N) is 2. The van der Waals surface area contributed by atoms with Crippen LogP contribution in [-0.2, 0) is 14.4 Å². The minimum absolute atomic E-state index is 0.0508. The van der Waals surface area contributed by atoms with Crippen LogP contribution >= 0.6 is 11.8 Å². The second kappa shape index (κ2) is 5.03. The highest BCUT2D eigenvalue weighted by atomic mass is 32.2. The summed E-state index contributed by atoms with van der Waals surface area (Å²) in [5, 5.41) is 5.62. The van der Waals surface area contributed by atoms with Crippen LogP contribution in [0.5, 0.6) is 0 Å². The fourth-order valence-electron chi connectivity index (χ4n) is 2.40. The molecule has 0 unspecified atom stereocenters. The highest BCUT2D eigenvalue weighted by molar-refractivity contribution is 7.99. The van der Waals surface area contributed by atoms with Crippen LogP contribution in [0.1, 0.15) is 25.7 Å². The van der Waals surface area contributed by atoms with Crippen molar-refractivity contribution in [1.29, 1.82) is 0 Å². The van der Waals surface area contributed by atoms with E-state index in [-0.39, 0.29) is 23.8 Å². The molecule has 0 spiro atoms. The number of carbonyl (C=O) groups excluding carboxylic acids is 3. The highest BCUT2D eigenvalue weighted by Gasteiger charge is 2.40. The van der Waals surface area contributed by atoms with E-state index in [4.69, 9.17) is 0 Å². The predicted octanol–water partition coefficient (Wildman–Crippen LogP) is -0.555. The smallest absolute Gasteiger partial charge is 0.246 e. The van der Waals surface area contributed by atoms with Gasteiger partial charge in [0.05, 0.1) is 5.88 Å². The van der Waals surface area contributed by atoms with Gasteiger partial charge in [0.2, 0.25) is 17.7 Å². The Balaban J connectivity index is 1.63. The van der Waals surface area contributed by atoms with E-state index in [0.717, 1.165) is 12.8 Å². The Morgan fingerprint density at radius 3 is 2.74 bits per heavy atom. The molecule has 1 aliphatic carbocycles. The third-order valence-corrected chi connectivity index (χ3v) is 4.70. The van der Waals surface area contributed by atoms with E-state index in [1.54, 1.807) is 16.7 Å². The summed E-state index contributed by atoms with van der Waals surface area (Å²) in [5.74, 6) is 0.931. The van der Waals surface area contributed by atoms with Gasteiger partial charge in [-0.15, -0.1) is 11.8 Å². The van der Waals surface area contributed by atoms with E-state index >= 15 is 0 Å². The highest BCUT2D eigenvalue weighted by Crippen LogP contribution is 2.25. The maximum absolute atomic E-state index is 12.3. The van der Waals surface area contributed by atoms with Gasteiger partial charge in [0.25, 0.3) is 0 Å². The first-order valence-electron chi connectivity index (χ1n) is 6.63. The Labute approximate surface area is 115 Å². The van der Waals surface area contributed by atoms with Crippen LogP contribution in [0.4, 0.5) is 0 Å². The molecule has 2 atom stereocenters. The molecule has 0 bridgehead atoms. The summed E-state index contributed by atoms with van der Waals surface area (Å²) >= 11 is 1.59. The number of rotatable bonds is 3. The molecule has 2 aliphatic heterocycles. The lowest BCUT2D eigenvalue weighted by atomic mass is 10.1. The number of thioether (sulfide) groups is 1. The summed E-state index contributed by atoms with van der Waals surface area (Å²) in [4.78, 5) is 37.2. The molecule has 2 saturated heterocycles. The third-order valence-electron chi connectivity index (χ3n) is 3.69. The molecule has 7 heteroatoms. The number of amides is 3. The van der Waals surface area contributed by atoms with Crippen LogP contribution in [0.2, 0.25) is 0 Å². The second-order valence-electron chi connectivity index (χ2n) is 5.27. The number of hydrogen-bond donors (Lipinski definition) is 2. The first kappa shape index (κ1) is 12.8. The molecule has 6 nitrogen and oxygen atoms in total. The van der Waals surface area contributed by atoms with Crippen molar-refractivity contribution in [3.05, 3.63) is 0 Å². The van der Waals surface area contributed by atoms with Crippen molar-refractivity contribution in [2.45, 2.75) is 43.8 Å².